The molecule has 0 unspecified atom stereocenters. The Balaban J connectivity index is 1.38. The predicted molar refractivity (Wildman–Crippen MR) is 202 cm³/mol. The molecular weight excluding hydrogens is 565 g/mol. The van der Waals surface area contributed by atoms with Crippen LogP contribution in [0, 0.1) is 0 Å². The smallest absolute Gasteiger partial charge is 0.0159 e. The van der Waals surface area contributed by atoms with Crippen molar-refractivity contribution in [3.63, 3.8) is 0 Å². The number of rotatable bonds is 2. The maximum atomic E-state index is 2.52. The predicted octanol–water partition coefficient (Wildman–Crippen LogP) is 13.1. The highest BCUT2D eigenvalue weighted by Gasteiger charge is 2.37. The Morgan fingerprint density at radius 2 is 0.702 bits per heavy atom. The molecule has 0 aromatic heterocycles. The summed E-state index contributed by atoms with van der Waals surface area (Å²) in [6.07, 6.45) is 0. The van der Waals surface area contributed by atoms with Crippen LogP contribution in [0.2, 0.25) is 0 Å². The maximum Gasteiger partial charge on any atom is 0.0159 e. The molecule has 0 heteroatoms. The Kier molecular flexibility index (Phi) is 5.44. The van der Waals surface area contributed by atoms with Crippen molar-refractivity contribution in [3.05, 3.63) is 169 Å². The minimum absolute atomic E-state index is 0.0970. The van der Waals surface area contributed by atoms with E-state index < -0.39 is 0 Å². The third-order valence-corrected chi connectivity index (χ3v) is 10.8. The number of fused-ring (bicyclic) bond motifs is 10. The van der Waals surface area contributed by atoms with E-state index in [1.807, 2.05) is 0 Å². The zero-order valence-corrected chi connectivity index (χ0v) is 26.5. The summed E-state index contributed by atoms with van der Waals surface area (Å²) in [5.74, 6) is 0. The number of hydrogen-bond donors (Lipinski definition) is 0. The zero-order chi connectivity index (χ0) is 31.3. The van der Waals surface area contributed by atoms with E-state index in [-0.39, 0.29) is 5.41 Å². The first kappa shape index (κ1) is 26.5. The van der Waals surface area contributed by atoms with Crippen LogP contribution in [0.5, 0.6) is 0 Å². The SMILES string of the molecule is CC1(C)c2ccccc2-c2c1cc(-c1c3ccccc3c(-c3cc4ccccc4c4ccccc34)c3ccccc13)c1ccccc21. The summed E-state index contributed by atoms with van der Waals surface area (Å²) >= 11 is 0. The Morgan fingerprint density at radius 3 is 1.30 bits per heavy atom. The van der Waals surface area contributed by atoms with Gasteiger partial charge in [0.25, 0.3) is 0 Å². The third kappa shape index (κ3) is 3.59. The minimum atomic E-state index is -0.0970. The highest BCUT2D eigenvalue weighted by molar-refractivity contribution is 6.27. The van der Waals surface area contributed by atoms with Crippen molar-refractivity contribution >= 4 is 53.9 Å². The van der Waals surface area contributed by atoms with Crippen LogP contribution in [-0.4, -0.2) is 0 Å². The maximum absolute atomic E-state index is 2.52. The molecule has 0 bridgehead atoms. The normalized spacial score (nSPS) is 13.5. The highest BCUT2D eigenvalue weighted by atomic mass is 14.4. The van der Waals surface area contributed by atoms with Gasteiger partial charge in [-0.15, -0.1) is 0 Å². The molecule has 0 radical (unpaired) electrons. The lowest BCUT2D eigenvalue weighted by molar-refractivity contribution is 0.661. The topological polar surface area (TPSA) is 0 Å². The molecule has 0 heterocycles. The Morgan fingerprint density at radius 1 is 0.298 bits per heavy atom. The fourth-order valence-electron chi connectivity index (χ4n) is 8.73. The molecule has 0 saturated heterocycles. The molecular formula is C47H32. The van der Waals surface area contributed by atoms with E-state index in [1.165, 1.54) is 98.4 Å². The Bertz CT molecular complexity index is 2700. The molecule has 1 aliphatic carbocycles. The van der Waals surface area contributed by atoms with Crippen molar-refractivity contribution in [2.24, 2.45) is 0 Å². The van der Waals surface area contributed by atoms with Gasteiger partial charge in [0.1, 0.15) is 0 Å². The summed E-state index contributed by atoms with van der Waals surface area (Å²) < 4.78 is 0. The lowest BCUT2D eigenvalue weighted by Gasteiger charge is -2.24. The summed E-state index contributed by atoms with van der Waals surface area (Å²) in [6.45, 7) is 4.78. The first-order valence-corrected chi connectivity index (χ1v) is 16.6. The summed E-state index contributed by atoms with van der Waals surface area (Å²) in [5, 5.41) is 12.9. The van der Waals surface area contributed by atoms with Gasteiger partial charge in [0, 0.05) is 5.41 Å². The molecule has 0 saturated carbocycles. The number of hydrogen-bond acceptors (Lipinski definition) is 0. The van der Waals surface area contributed by atoms with Crippen molar-refractivity contribution < 1.29 is 0 Å². The summed E-state index contributed by atoms with van der Waals surface area (Å²) in [5.41, 5.74) is 10.7. The molecule has 10 rings (SSSR count). The molecule has 9 aromatic rings. The van der Waals surface area contributed by atoms with Crippen LogP contribution < -0.4 is 0 Å². The molecule has 0 amide bonds. The van der Waals surface area contributed by atoms with Gasteiger partial charge in [-0.25, -0.2) is 0 Å². The molecule has 0 spiro atoms. The molecule has 0 fully saturated rings. The molecule has 0 atom stereocenters. The van der Waals surface area contributed by atoms with E-state index in [0.717, 1.165) is 0 Å². The quantitative estimate of drug-likeness (QED) is 0.138. The fraction of sp³-hybridized carbons (Fsp3) is 0.0638. The van der Waals surface area contributed by atoms with Crippen LogP contribution in [0.3, 0.4) is 0 Å². The van der Waals surface area contributed by atoms with Gasteiger partial charge in [-0.05, 0) is 111 Å². The molecule has 47 heavy (non-hydrogen) atoms. The van der Waals surface area contributed by atoms with E-state index in [2.05, 4.69) is 172 Å². The van der Waals surface area contributed by atoms with E-state index in [9.17, 15) is 0 Å². The molecule has 220 valence electrons. The average Bonchev–Trinajstić information content (AvgIpc) is 3.36. The van der Waals surface area contributed by atoms with Crippen molar-refractivity contribution in [2.45, 2.75) is 19.3 Å². The van der Waals surface area contributed by atoms with Gasteiger partial charge in [0.05, 0.1) is 0 Å². The van der Waals surface area contributed by atoms with Crippen molar-refractivity contribution in [2.75, 3.05) is 0 Å². The molecule has 0 N–H and O–H groups in total. The van der Waals surface area contributed by atoms with Gasteiger partial charge < -0.3 is 0 Å². The van der Waals surface area contributed by atoms with Gasteiger partial charge >= 0.3 is 0 Å². The molecule has 0 aliphatic heterocycles. The van der Waals surface area contributed by atoms with Crippen LogP contribution in [0.25, 0.3) is 87.2 Å². The summed E-state index contributed by atoms with van der Waals surface area (Å²) in [7, 11) is 0. The first-order valence-electron chi connectivity index (χ1n) is 16.6. The lowest BCUT2D eigenvalue weighted by Crippen LogP contribution is -2.15. The van der Waals surface area contributed by atoms with Crippen LogP contribution in [0.4, 0.5) is 0 Å². The monoisotopic (exact) mass is 596 g/mol. The Hall–Kier alpha value is -5.72. The van der Waals surface area contributed by atoms with Crippen molar-refractivity contribution in [1.82, 2.24) is 0 Å². The lowest BCUT2D eigenvalue weighted by atomic mass is 9.78. The number of benzene rings is 9. The van der Waals surface area contributed by atoms with E-state index in [0.29, 0.717) is 0 Å². The second-order valence-corrected chi connectivity index (χ2v) is 13.6. The largest absolute Gasteiger partial charge is 0.0619 e. The summed E-state index contributed by atoms with van der Waals surface area (Å²) in [6, 6.07) is 58.9. The van der Waals surface area contributed by atoms with E-state index in [1.54, 1.807) is 0 Å². The third-order valence-electron chi connectivity index (χ3n) is 10.8. The van der Waals surface area contributed by atoms with Crippen LogP contribution in [-0.2, 0) is 5.41 Å². The zero-order valence-electron chi connectivity index (χ0n) is 26.5. The van der Waals surface area contributed by atoms with Gasteiger partial charge in [0.15, 0.2) is 0 Å². The summed E-state index contributed by atoms with van der Waals surface area (Å²) in [4.78, 5) is 0. The van der Waals surface area contributed by atoms with Crippen LogP contribution >= 0.6 is 0 Å². The molecule has 0 nitrogen and oxygen atoms in total. The molecule has 1 aliphatic rings. The Labute approximate surface area is 274 Å². The van der Waals surface area contributed by atoms with Crippen molar-refractivity contribution in [1.29, 1.82) is 0 Å². The second-order valence-electron chi connectivity index (χ2n) is 13.6. The van der Waals surface area contributed by atoms with Gasteiger partial charge in [-0.3, -0.25) is 0 Å². The average molecular weight is 597 g/mol. The van der Waals surface area contributed by atoms with E-state index in [4.69, 9.17) is 0 Å². The standard InChI is InChI=1S/C47H32/c1-47(2)42-26-14-13-25-39(42)46-34-20-8-7-19-33(34)41(28-43(46)47)45-37-23-11-9-21-35(37)44(36-22-10-12-24-38(36)45)40-27-29-15-3-4-16-30(29)31-17-5-6-18-32(31)40/h3-28H,1-2H3. The fourth-order valence-corrected chi connectivity index (χ4v) is 8.73. The van der Waals surface area contributed by atoms with Crippen LogP contribution in [0.15, 0.2) is 158 Å². The highest BCUT2D eigenvalue weighted by Crippen LogP contribution is 2.55. The first-order chi connectivity index (χ1) is 23.1. The van der Waals surface area contributed by atoms with Gasteiger partial charge in [-0.2, -0.15) is 0 Å². The molecule has 9 aromatic carbocycles. The van der Waals surface area contributed by atoms with Crippen LogP contribution in [0.1, 0.15) is 25.0 Å². The minimum Gasteiger partial charge on any atom is -0.0619 e. The van der Waals surface area contributed by atoms with Gasteiger partial charge in [0.2, 0.25) is 0 Å². The van der Waals surface area contributed by atoms with E-state index >= 15 is 0 Å². The van der Waals surface area contributed by atoms with Gasteiger partial charge in [-0.1, -0.05) is 159 Å². The second kappa shape index (κ2) is 9.64. The van der Waals surface area contributed by atoms with Crippen molar-refractivity contribution in [3.8, 4) is 33.4 Å².